The summed E-state index contributed by atoms with van der Waals surface area (Å²) in [6, 6.07) is 7.26. The van der Waals surface area contributed by atoms with E-state index in [4.69, 9.17) is 10.2 Å². The van der Waals surface area contributed by atoms with Crippen molar-refractivity contribution in [1.29, 1.82) is 0 Å². The van der Waals surface area contributed by atoms with Crippen molar-refractivity contribution in [3.63, 3.8) is 0 Å². The van der Waals surface area contributed by atoms with E-state index in [1.54, 1.807) is 12.1 Å². The van der Waals surface area contributed by atoms with Crippen molar-refractivity contribution in [2.45, 2.75) is 31.3 Å². The lowest BCUT2D eigenvalue weighted by atomic mass is 10.1. The molecule has 1 unspecified atom stereocenters. The van der Waals surface area contributed by atoms with Crippen LogP contribution in [0.1, 0.15) is 25.0 Å². The van der Waals surface area contributed by atoms with Gasteiger partial charge in [0.05, 0.1) is 6.42 Å². The lowest BCUT2D eigenvalue weighted by Crippen LogP contribution is -2.22. The second kappa shape index (κ2) is 7.19. The minimum absolute atomic E-state index is 0.0316. The summed E-state index contributed by atoms with van der Waals surface area (Å²) in [5.41, 5.74) is 1.64. The van der Waals surface area contributed by atoms with Gasteiger partial charge in [0.1, 0.15) is 5.25 Å². The van der Waals surface area contributed by atoms with Crippen molar-refractivity contribution in [2.75, 3.05) is 0 Å². The zero-order chi connectivity index (χ0) is 14.4. The maximum atomic E-state index is 11.1. The van der Waals surface area contributed by atoms with E-state index in [0.29, 0.717) is 5.75 Å². The predicted octanol–water partition coefficient (Wildman–Crippen LogP) is 2.66. The highest BCUT2D eigenvalue weighted by molar-refractivity contribution is 7.99. The molecule has 0 heterocycles. The molecule has 0 aliphatic heterocycles. The Bertz CT molecular complexity index is 457. The van der Waals surface area contributed by atoms with Crippen molar-refractivity contribution >= 4 is 23.7 Å². The highest BCUT2D eigenvalue weighted by atomic mass is 32.2. The van der Waals surface area contributed by atoms with Gasteiger partial charge >= 0.3 is 11.9 Å². The van der Waals surface area contributed by atoms with Gasteiger partial charge in [-0.25, -0.2) is 0 Å². The minimum Gasteiger partial charge on any atom is -0.481 e. The fourth-order valence-corrected chi connectivity index (χ4v) is 2.93. The van der Waals surface area contributed by atoms with E-state index in [-0.39, 0.29) is 12.3 Å². The summed E-state index contributed by atoms with van der Waals surface area (Å²) in [4.78, 5) is 21.9. The van der Waals surface area contributed by atoms with Crippen LogP contribution < -0.4 is 0 Å². The summed E-state index contributed by atoms with van der Waals surface area (Å²) in [7, 11) is 0. The summed E-state index contributed by atoms with van der Waals surface area (Å²) in [5.74, 6) is -1.15. The Morgan fingerprint density at radius 3 is 2.21 bits per heavy atom. The van der Waals surface area contributed by atoms with Crippen molar-refractivity contribution in [1.82, 2.24) is 0 Å². The first kappa shape index (κ1) is 15.6. The zero-order valence-electron chi connectivity index (χ0n) is 11.0. The standard InChI is InChI=1S/C14H18O4S/c1-9(2)13(14(17)18)19-8-11-6-4-3-5-10(11)7-12(15)16/h3-6,9,13H,7-8H2,1-2H3,(H,15,16)(H,17,18). The largest absolute Gasteiger partial charge is 0.481 e. The van der Waals surface area contributed by atoms with Crippen LogP contribution in [0.3, 0.4) is 0 Å². The molecular weight excluding hydrogens is 264 g/mol. The van der Waals surface area contributed by atoms with Crippen molar-refractivity contribution in [3.8, 4) is 0 Å². The van der Waals surface area contributed by atoms with Crippen LogP contribution in [-0.2, 0) is 21.8 Å². The molecule has 0 saturated heterocycles. The number of carboxylic acids is 2. The molecule has 5 heteroatoms. The molecule has 0 aliphatic rings. The molecule has 0 aromatic heterocycles. The van der Waals surface area contributed by atoms with Gasteiger partial charge in [-0.05, 0) is 17.0 Å². The molecule has 19 heavy (non-hydrogen) atoms. The van der Waals surface area contributed by atoms with Crippen LogP contribution in [0.25, 0.3) is 0 Å². The summed E-state index contributed by atoms with van der Waals surface area (Å²) in [5, 5.41) is 17.5. The Kier molecular flexibility index (Phi) is 5.89. The van der Waals surface area contributed by atoms with Gasteiger partial charge in [0.2, 0.25) is 0 Å². The van der Waals surface area contributed by atoms with Gasteiger partial charge in [-0.1, -0.05) is 38.1 Å². The number of aliphatic carboxylic acids is 2. The molecule has 4 nitrogen and oxygen atoms in total. The first-order valence-electron chi connectivity index (χ1n) is 6.04. The number of carbonyl (C=O) groups is 2. The Balaban J connectivity index is 2.76. The SMILES string of the molecule is CC(C)C(SCc1ccccc1CC(=O)O)C(=O)O. The molecule has 1 aromatic rings. The summed E-state index contributed by atoms with van der Waals surface area (Å²) >= 11 is 1.34. The monoisotopic (exact) mass is 282 g/mol. The topological polar surface area (TPSA) is 74.6 Å². The molecule has 0 radical (unpaired) electrons. The number of hydrogen-bond donors (Lipinski definition) is 2. The van der Waals surface area contributed by atoms with Crippen molar-refractivity contribution in [3.05, 3.63) is 35.4 Å². The van der Waals surface area contributed by atoms with E-state index in [0.717, 1.165) is 11.1 Å². The van der Waals surface area contributed by atoms with Gasteiger partial charge in [0, 0.05) is 5.75 Å². The number of hydrogen-bond acceptors (Lipinski definition) is 3. The van der Waals surface area contributed by atoms with Crippen molar-refractivity contribution < 1.29 is 19.8 Å². The summed E-state index contributed by atoms with van der Waals surface area (Å²) in [6.07, 6.45) is -0.0316. The molecule has 2 N–H and O–H groups in total. The van der Waals surface area contributed by atoms with Gasteiger partial charge < -0.3 is 10.2 Å². The number of carboxylic acid groups (broad SMARTS) is 2. The van der Waals surface area contributed by atoms with Crippen LogP contribution in [0, 0.1) is 5.92 Å². The fourth-order valence-electron chi connectivity index (χ4n) is 1.76. The van der Waals surface area contributed by atoms with E-state index in [1.165, 1.54) is 11.8 Å². The lowest BCUT2D eigenvalue weighted by Gasteiger charge is -2.16. The molecule has 104 valence electrons. The van der Waals surface area contributed by atoms with E-state index in [2.05, 4.69) is 0 Å². The quantitative estimate of drug-likeness (QED) is 0.804. The average molecular weight is 282 g/mol. The second-order valence-electron chi connectivity index (χ2n) is 4.65. The fraction of sp³-hybridized carbons (Fsp3) is 0.429. The highest BCUT2D eigenvalue weighted by Crippen LogP contribution is 2.25. The van der Waals surface area contributed by atoms with E-state index < -0.39 is 17.2 Å². The third-order valence-corrected chi connectivity index (χ3v) is 4.31. The Morgan fingerprint density at radius 1 is 1.16 bits per heavy atom. The van der Waals surface area contributed by atoms with Crippen LogP contribution in [0.5, 0.6) is 0 Å². The van der Waals surface area contributed by atoms with Gasteiger partial charge in [-0.2, -0.15) is 0 Å². The molecule has 0 saturated carbocycles. The van der Waals surface area contributed by atoms with Gasteiger partial charge in [-0.3, -0.25) is 9.59 Å². The zero-order valence-corrected chi connectivity index (χ0v) is 11.8. The Labute approximate surface area is 116 Å². The number of rotatable bonds is 7. The second-order valence-corrected chi connectivity index (χ2v) is 5.78. The molecule has 0 fully saturated rings. The minimum atomic E-state index is -0.879. The van der Waals surface area contributed by atoms with Crippen LogP contribution in [-0.4, -0.2) is 27.4 Å². The summed E-state index contributed by atoms with van der Waals surface area (Å²) in [6.45, 7) is 3.74. The highest BCUT2D eigenvalue weighted by Gasteiger charge is 2.22. The summed E-state index contributed by atoms with van der Waals surface area (Å²) < 4.78 is 0. The van der Waals surface area contributed by atoms with Crippen molar-refractivity contribution in [2.24, 2.45) is 5.92 Å². The maximum absolute atomic E-state index is 11.1. The van der Waals surface area contributed by atoms with Gasteiger partial charge in [0.25, 0.3) is 0 Å². The molecule has 1 atom stereocenters. The molecule has 0 amide bonds. The van der Waals surface area contributed by atoms with E-state index in [9.17, 15) is 9.59 Å². The third kappa shape index (κ3) is 4.95. The molecule has 0 bridgehead atoms. The molecule has 0 spiro atoms. The van der Waals surface area contributed by atoms with Crippen LogP contribution >= 0.6 is 11.8 Å². The average Bonchev–Trinajstić information content (AvgIpc) is 2.29. The predicted molar refractivity (Wildman–Crippen MR) is 75.3 cm³/mol. The maximum Gasteiger partial charge on any atom is 0.316 e. The smallest absolute Gasteiger partial charge is 0.316 e. The molecule has 0 aliphatic carbocycles. The van der Waals surface area contributed by atoms with Gasteiger partial charge in [0.15, 0.2) is 0 Å². The molecular formula is C14H18O4S. The van der Waals surface area contributed by atoms with Gasteiger partial charge in [-0.15, -0.1) is 11.8 Å². The van der Waals surface area contributed by atoms with E-state index in [1.807, 2.05) is 26.0 Å². The van der Waals surface area contributed by atoms with Crippen LogP contribution in [0.2, 0.25) is 0 Å². The number of thioether (sulfide) groups is 1. The molecule has 1 rings (SSSR count). The Hall–Kier alpha value is -1.49. The Morgan fingerprint density at radius 2 is 1.74 bits per heavy atom. The first-order valence-corrected chi connectivity index (χ1v) is 7.09. The normalized spacial score (nSPS) is 12.4. The third-order valence-electron chi connectivity index (χ3n) is 2.73. The first-order chi connectivity index (χ1) is 8.91. The van der Waals surface area contributed by atoms with Crippen LogP contribution in [0.4, 0.5) is 0 Å². The van der Waals surface area contributed by atoms with E-state index >= 15 is 0 Å². The van der Waals surface area contributed by atoms with Crippen LogP contribution in [0.15, 0.2) is 24.3 Å². The lowest BCUT2D eigenvalue weighted by molar-refractivity contribution is -0.137. The molecule has 1 aromatic carbocycles. The number of benzene rings is 1.